The van der Waals surface area contributed by atoms with Crippen LogP contribution in [0.15, 0.2) is 64.1 Å². The van der Waals surface area contributed by atoms with E-state index in [9.17, 15) is 18.5 Å². The zero-order valence-corrected chi connectivity index (χ0v) is 16.7. The maximum Gasteiger partial charge on any atom is 0.270 e. The Labute approximate surface area is 168 Å². The number of rotatable bonds is 7. The van der Waals surface area contributed by atoms with Crippen LogP contribution in [0.3, 0.4) is 0 Å². The van der Waals surface area contributed by atoms with Crippen LogP contribution in [0.2, 0.25) is 0 Å². The number of allylic oxidation sites excluding steroid dienone is 2. The smallest absolute Gasteiger partial charge is 0.270 e. The van der Waals surface area contributed by atoms with Gasteiger partial charge in [0.05, 0.1) is 29.1 Å². The zero-order valence-electron chi connectivity index (χ0n) is 15.9. The van der Waals surface area contributed by atoms with Gasteiger partial charge in [0.25, 0.3) is 15.7 Å². The van der Waals surface area contributed by atoms with Gasteiger partial charge < -0.3 is 4.74 Å². The Bertz CT molecular complexity index is 1110. The molecule has 0 saturated heterocycles. The summed E-state index contributed by atoms with van der Waals surface area (Å²) < 4.78 is 33.6. The Hall–Kier alpha value is -3.40. The molecule has 152 valence electrons. The molecule has 0 bridgehead atoms. The van der Waals surface area contributed by atoms with Gasteiger partial charge in [-0.3, -0.25) is 20.3 Å². The molecule has 0 fully saturated rings. The number of nitrogens with zero attached hydrogens (tertiary/aromatic N) is 2. The summed E-state index contributed by atoms with van der Waals surface area (Å²) in [6.45, 7) is 1.99. The molecule has 9 nitrogen and oxygen atoms in total. The average Bonchev–Trinajstić information content (AvgIpc) is 3.11. The Morgan fingerprint density at radius 1 is 1.14 bits per heavy atom. The van der Waals surface area contributed by atoms with Gasteiger partial charge >= 0.3 is 0 Å². The number of ether oxygens (including phenoxy) is 1. The highest BCUT2D eigenvalue weighted by Crippen LogP contribution is 2.31. The topological polar surface area (TPSA) is 123 Å². The summed E-state index contributed by atoms with van der Waals surface area (Å²) in [6.07, 6.45) is 3.55. The molecule has 2 aromatic carbocycles. The number of hydrogen-bond donors (Lipinski definition) is 2. The molecule has 1 aliphatic carbocycles. The molecule has 2 N–H and O–H groups in total. The molecular weight excluding hydrogens is 396 g/mol. The van der Waals surface area contributed by atoms with Gasteiger partial charge in [-0.2, -0.15) is 5.10 Å². The Morgan fingerprint density at radius 3 is 2.55 bits per heavy atom. The van der Waals surface area contributed by atoms with E-state index in [4.69, 9.17) is 4.74 Å². The minimum atomic E-state index is -4.17. The summed E-state index contributed by atoms with van der Waals surface area (Å²) in [5, 5.41) is 15.4. The first-order chi connectivity index (χ1) is 13.8. The minimum Gasteiger partial charge on any atom is -0.495 e. The number of non-ortho nitro benzene ring substituents is 1. The number of anilines is 2. The molecule has 0 heterocycles. The third kappa shape index (κ3) is 4.72. The van der Waals surface area contributed by atoms with Gasteiger partial charge in [0.15, 0.2) is 0 Å². The van der Waals surface area contributed by atoms with Crippen LogP contribution in [0.25, 0.3) is 0 Å². The largest absolute Gasteiger partial charge is 0.495 e. The molecule has 0 aliphatic heterocycles. The van der Waals surface area contributed by atoms with E-state index in [0.717, 1.165) is 24.6 Å². The average molecular weight is 416 g/mol. The lowest BCUT2D eigenvalue weighted by Gasteiger charge is -2.14. The van der Waals surface area contributed by atoms with Gasteiger partial charge in [0.2, 0.25) is 0 Å². The van der Waals surface area contributed by atoms with Crippen molar-refractivity contribution in [1.82, 2.24) is 0 Å². The normalized spacial score (nSPS) is 15.1. The van der Waals surface area contributed by atoms with Crippen LogP contribution >= 0.6 is 0 Å². The molecule has 0 unspecified atom stereocenters. The van der Waals surface area contributed by atoms with E-state index >= 15 is 0 Å². The second-order valence-electron chi connectivity index (χ2n) is 6.45. The summed E-state index contributed by atoms with van der Waals surface area (Å²) >= 11 is 0. The molecule has 10 heteroatoms. The van der Waals surface area contributed by atoms with Crippen molar-refractivity contribution in [3.05, 3.63) is 64.2 Å². The first-order valence-corrected chi connectivity index (χ1v) is 10.2. The number of benzene rings is 2. The third-order valence-electron chi connectivity index (χ3n) is 4.33. The van der Waals surface area contributed by atoms with Crippen molar-refractivity contribution < 1.29 is 18.1 Å². The molecule has 0 amide bonds. The third-order valence-corrected chi connectivity index (χ3v) is 5.73. The molecule has 2 aromatic rings. The standard InChI is InChI=1S/C19H20N4O5S/c1-13-7-8-14(11-13)20-21-17-10-9-15(23(24)25)12-19(17)29(26,27)22-16-5-3-4-6-18(16)28-2/h3-6,9-12,21-22H,7-8H2,1-2H3. The second kappa shape index (κ2) is 8.31. The van der Waals surface area contributed by atoms with Crippen molar-refractivity contribution in [2.45, 2.75) is 24.7 Å². The SMILES string of the molecule is COc1ccccc1NS(=O)(=O)c1cc([N+](=O)[O-])ccc1NN=C1C=C(C)CC1. The van der Waals surface area contributed by atoms with Crippen LogP contribution in [0.1, 0.15) is 19.8 Å². The van der Waals surface area contributed by atoms with Gasteiger partial charge in [0, 0.05) is 12.1 Å². The summed E-state index contributed by atoms with van der Waals surface area (Å²) in [7, 11) is -2.75. The number of hydrazone groups is 1. The molecule has 0 aromatic heterocycles. The number of nitro benzene ring substituents is 1. The Balaban J connectivity index is 2.00. The maximum atomic E-state index is 13.0. The number of hydrogen-bond acceptors (Lipinski definition) is 7. The van der Waals surface area contributed by atoms with Crippen LogP contribution in [-0.2, 0) is 10.0 Å². The van der Waals surface area contributed by atoms with Crippen molar-refractivity contribution >= 4 is 32.8 Å². The molecule has 3 rings (SSSR count). The van der Waals surface area contributed by atoms with Crippen LogP contribution in [0.5, 0.6) is 5.75 Å². The van der Waals surface area contributed by atoms with E-state index in [1.54, 1.807) is 18.2 Å². The summed E-state index contributed by atoms with van der Waals surface area (Å²) in [4.78, 5) is 10.2. The fraction of sp³-hybridized carbons (Fsp3) is 0.211. The fourth-order valence-electron chi connectivity index (χ4n) is 2.84. The van der Waals surface area contributed by atoms with Gasteiger partial charge in [-0.25, -0.2) is 8.42 Å². The predicted molar refractivity (Wildman–Crippen MR) is 111 cm³/mol. The number of nitro groups is 1. The van der Waals surface area contributed by atoms with Crippen LogP contribution in [0, 0.1) is 10.1 Å². The van der Waals surface area contributed by atoms with Crippen molar-refractivity contribution in [3.63, 3.8) is 0 Å². The predicted octanol–water partition coefficient (Wildman–Crippen LogP) is 3.91. The molecular formula is C19H20N4O5S. The number of sulfonamides is 1. The molecule has 29 heavy (non-hydrogen) atoms. The highest BCUT2D eigenvalue weighted by Gasteiger charge is 2.24. The van der Waals surface area contributed by atoms with Gasteiger partial charge in [-0.1, -0.05) is 17.7 Å². The van der Waals surface area contributed by atoms with Gasteiger partial charge in [0.1, 0.15) is 10.6 Å². The van der Waals surface area contributed by atoms with Crippen molar-refractivity contribution in [1.29, 1.82) is 0 Å². The lowest BCUT2D eigenvalue weighted by atomic mass is 10.3. The summed E-state index contributed by atoms with van der Waals surface area (Å²) in [5.41, 5.74) is 4.69. The molecule has 0 radical (unpaired) electrons. The number of para-hydroxylation sites is 2. The zero-order chi connectivity index (χ0) is 21.0. The van der Waals surface area contributed by atoms with Crippen molar-refractivity contribution in [2.24, 2.45) is 5.10 Å². The lowest BCUT2D eigenvalue weighted by Crippen LogP contribution is -2.15. The summed E-state index contributed by atoms with van der Waals surface area (Å²) in [6, 6.07) is 10.0. The lowest BCUT2D eigenvalue weighted by molar-refractivity contribution is -0.385. The highest BCUT2D eigenvalue weighted by molar-refractivity contribution is 7.93. The van der Waals surface area contributed by atoms with Crippen LogP contribution in [-0.4, -0.2) is 26.2 Å². The van der Waals surface area contributed by atoms with E-state index in [-0.39, 0.29) is 22.0 Å². The monoisotopic (exact) mass is 416 g/mol. The van der Waals surface area contributed by atoms with E-state index in [2.05, 4.69) is 15.2 Å². The molecule has 0 atom stereocenters. The second-order valence-corrected chi connectivity index (χ2v) is 8.10. The van der Waals surface area contributed by atoms with E-state index in [1.807, 2.05) is 13.0 Å². The minimum absolute atomic E-state index is 0.128. The fourth-order valence-corrected chi connectivity index (χ4v) is 4.09. The quantitative estimate of drug-likeness (QED) is 0.521. The van der Waals surface area contributed by atoms with Crippen molar-refractivity contribution in [3.8, 4) is 5.75 Å². The van der Waals surface area contributed by atoms with Gasteiger partial charge in [-0.05, 0) is 44.0 Å². The van der Waals surface area contributed by atoms with Crippen molar-refractivity contribution in [2.75, 3.05) is 17.3 Å². The summed E-state index contributed by atoms with van der Waals surface area (Å²) in [5.74, 6) is 0.322. The first-order valence-electron chi connectivity index (χ1n) is 8.74. The molecule has 0 spiro atoms. The number of nitrogens with one attached hydrogen (secondary N) is 2. The first kappa shape index (κ1) is 20.3. The van der Waals surface area contributed by atoms with E-state index < -0.39 is 14.9 Å². The molecule has 1 aliphatic rings. The Morgan fingerprint density at radius 2 is 1.90 bits per heavy atom. The van der Waals surface area contributed by atoms with Gasteiger partial charge in [-0.15, -0.1) is 0 Å². The van der Waals surface area contributed by atoms with E-state index in [0.29, 0.717) is 5.75 Å². The molecule has 0 saturated carbocycles. The van der Waals surface area contributed by atoms with E-state index in [1.165, 1.54) is 30.9 Å². The van der Waals surface area contributed by atoms with Crippen LogP contribution in [0.4, 0.5) is 17.1 Å². The highest BCUT2D eigenvalue weighted by atomic mass is 32.2. The number of methoxy groups -OCH3 is 1. The maximum absolute atomic E-state index is 13.0. The van der Waals surface area contributed by atoms with Crippen LogP contribution < -0.4 is 14.9 Å². The Kier molecular flexibility index (Phi) is 5.83.